The van der Waals surface area contributed by atoms with Crippen LogP contribution in [0.5, 0.6) is 0 Å². The fourth-order valence-corrected chi connectivity index (χ4v) is 2.39. The third-order valence-electron chi connectivity index (χ3n) is 3.15. The molecule has 2 aromatic rings. The Bertz CT molecular complexity index is 494. The van der Waals surface area contributed by atoms with E-state index in [9.17, 15) is 4.39 Å². The second-order valence-electron chi connectivity index (χ2n) is 4.65. The molecule has 1 nitrogen and oxygen atoms in total. The standard InChI is InChI=1S/C16H17ClFN/c1-19-16(10-12-4-2-6-14(17)8-12)11-13-5-3-7-15(18)9-13/h2-9,16,19H,10-11H2,1H3. The molecule has 1 N–H and O–H groups in total. The lowest BCUT2D eigenvalue weighted by Crippen LogP contribution is -2.29. The average molecular weight is 278 g/mol. The number of halogens is 2. The van der Waals surface area contributed by atoms with Crippen molar-refractivity contribution >= 4 is 11.6 Å². The average Bonchev–Trinajstić information content (AvgIpc) is 2.38. The van der Waals surface area contributed by atoms with Gasteiger partial charge in [-0.2, -0.15) is 0 Å². The minimum atomic E-state index is -0.185. The number of nitrogens with one attached hydrogen (secondary N) is 1. The van der Waals surface area contributed by atoms with Crippen molar-refractivity contribution in [1.29, 1.82) is 0 Å². The largest absolute Gasteiger partial charge is 0.316 e. The van der Waals surface area contributed by atoms with E-state index in [1.807, 2.05) is 31.3 Å². The van der Waals surface area contributed by atoms with Crippen molar-refractivity contribution in [3.8, 4) is 0 Å². The molecule has 0 aliphatic carbocycles. The molecule has 0 fully saturated rings. The van der Waals surface area contributed by atoms with Crippen molar-refractivity contribution in [1.82, 2.24) is 5.32 Å². The minimum Gasteiger partial charge on any atom is -0.316 e. The summed E-state index contributed by atoms with van der Waals surface area (Å²) in [5.74, 6) is -0.185. The number of rotatable bonds is 5. The molecule has 2 aromatic carbocycles. The molecule has 19 heavy (non-hydrogen) atoms. The topological polar surface area (TPSA) is 12.0 Å². The van der Waals surface area contributed by atoms with Crippen LogP contribution >= 0.6 is 11.6 Å². The van der Waals surface area contributed by atoms with Gasteiger partial charge in [-0.05, 0) is 55.3 Å². The van der Waals surface area contributed by atoms with Crippen LogP contribution in [0.3, 0.4) is 0 Å². The molecule has 0 aliphatic heterocycles. The summed E-state index contributed by atoms with van der Waals surface area (Å²) in [6.45, 7) is 0. The number of likely N-dealkylation sites (N-methyl/N-ethyl adjacent to an activating group) is 1. The fraction of sp³-hybridized carbons (Fsp3) is 0.250. The zero-order valence-corrected chi connectivity index (χ0v) is 11.6. The first-order valence-electron chi connectivity index (χ1n) is 6.33. The van der Waals surface area contributed by atoms with Crippen molar-refractivity contribution in [3.63, 3.8) is 0 Å². The van der Waals surface area contributed by atoms with Gasteiger partial charge in [0.1, 0.15) is 5.82 Å². The van der Waals surface area contributed by atoms with E-state index in [4.69, 9.17) is 11.6 Å². The van der Waals surface area contributed by atoms with Crippen LogP contribution in [0.4, 0.5) is 4.39 Å². The van der Waals surface area contributed by atoms with Crippen molar-refractivity contribution in [3.05, 3.63) is 70.5 Å². The van der Waals surface area contributed by atoms with Gasteiger partial charge in [-0.3, -0.25) is 0 Å². The van der Waals surface area contributed by atoms with Gasteiger partial charge < -0.3 is 5.32 Å². The highest BCUT2D eigenvalue weighted by molar-refractivity contribution is 6.30. The molecule has 3 heteroatoms. The number of benzene rings is 2. The van der Waals surface area contributed by atoms with Crippen LogP contribution in [0, 0.1) is 5.82 Å². The van der Waals surface area contributed by atoms with Crippen LogP contribution in [-0.2, 0) is 12.8 Å². The maximum Gasteiger partial charge on any atom is 0.123 e. The van der Waals surface area contributed by atoms with Gasteiger partial charge in [-0.25, -0.2) is 4.39 Å². The predicted molar refractivity (Wildman–Crippen MR) is 78.1 cm³/mol. The van der Waals surface area contributed by atoms with Crippen molar-refractivity contribution in [2.45, 2.75) is 18.9 Å². The lowest BCUT2D eigenvalue weighted by molar-refractivity contribution is 0.553. The van der Waals surface area contributed by atoms with Crippen LogP contribution in [-0.4, -0.2) is 13.1 Å². The van der Waals surface area contributed by atoms with Gasteiger partial charge in [-0.15, -0.1) is 0 Å². The first kappa shape index (κ1) is 14.0. The molecule has 0 spiro atoms. The van der Waals surface area contributed by atoms with Crippen LogP contribution in [0.25, 0.3) is 0 Å². The third kappa shape index (κ3) is 4.34. The summed E-state index contributed by atoms with van der Waals surface area (Å²) in [5, 5.41) is 4.02. The van der Waals surface area contributed by atoms with Gasteiger partial charge in [0.2, 0.25) is 0 Å². The second kappa shape index (κ2) is 6.69. The zero-order chi connectivity index (χ0) is 13.7. The second-order valence-corrected chi connectivity index (χ2v) is 5.09. The van der Waals surface area contributed by atoms with E-state index in [-0.39, 0.29) is 11.9 Å². The molecule has 0 aromatic heterocycles. The van der Waals surface area contributed by atoms with Gasteiger partial charge in [0, 0.05) is 11.1 Å². The van der Waals surface area contributed by atoms with Crippen LogP contribution in [0.1, 0.15) is 11.1 Å². The molecule has 0 amide bonds. The summed E-state index contributed by atoms with van der Waals surface area (Å²) in [4.78, 5) is 0. The van der Waals surface area contributed by atoms with Crippen LogP contribution in [0.2, 0.25) is 5.02 Å². The Morgan fingerprint density at radius 1 is 1.05 bits per heavy atom. The van der Waals surface area contributed by atoms with Crippen LogP contribution < -0.4 is 5.32 Å². The smallest absolute Gasteiger partial charge is 0.123 e. The van der Waals surface area contributed by atoms with E-state index in [1.54, 1.807) is 12.1 Å². The first-order valence-corrected chi connectivity index (χ1v) is 6.71. The lowest BCUT2D eigenvalue weighted by atomic mass is 9.99. The molecule has 0 heterocycles. The van der Waals surface area contributed by atoms with Crippen molar-refractivity contribution in [2.24, 2.45) is 0 Å². The molecular weight excluding hydrogens is 261 g/mol. The van der Waals surface area contributed by atoms with Crippen molar-refractivity contribution in [2.75, 3.05) is 7.05 Å². The lowest BCUT2D eigenvalue weighted by Gasteiger charge is -2.16. The summed E-state index contributed by atoms with van der Waals surface area (Å²) < 4.78 is 13.2. The molecule has 100 valence electrons. The Hall–Kier alpha value is -1.38. The van der Waals surface area contributed by atoms with E-state index in [0.717, 1.165) is 23.4 Å². The minimum absolute atomic E-state index is 0.185. The summed E-state index contributed by atoms with van der Waals surface area (Å²) in [6.07, 6.45) is 1.66. The maximum absolute atomic E-state index is 13.2. The van der Waals surface area contributed by atoms with Gasteiger partial charge in [0.15, 0.2) is 0 Å². The molecular formula is C16H17ClFN. The highest BCUT2D eigenvalue weighted by Crippen LogP contribution is 2.14. The summed E-state index contributed by atoms with van der Waals surface area (Å²) in [6, 6.07) is 14.9. The van der Waals surface area contributed by atoms with E-state index in [2.05, 4.69) is 11.4 Å². The Balaban J connectivity index is 2.04. The Kier molecular flexibility index (Phi) is 4.94. The molecule has 0 bridgehead atoms. The molecule has 2 rings (SSSR count). The molecule has 0 saturated carbocycles. The van der Waals surface area contributed by atoms with Gasteiger partial charge >= 0.3 is 0 Å². The summed E-state index contributed by atoms with van der Waals surface area (Å²) >= 11 is 5.98. The highest BCUT2D eigenvalue weighted by atomic mass is 35.5. The number of hydrogen-bond donors (Lipinski definition) is 1. The monoisotopic (exact) mass is 277 g/mol. The summed E-state index contributed by atoms with van der Waals surface area (Å²) in [7, 11) is 1.93. The van der Waals surface area contributed by atoms with Crippen LogP contribution in [0.15, 0.2) is 48.5 Å². The van der Waals surface area contributed by atoms with Crippen molar-refractivity contribution < 1.29 is 4.39 Å². The molecule has 0 radical (unpaired) electrons. The zero-order valence-electron chi connectivity index (χ0n) is 10.9. The molecule has 1 atom stereocenters. The van der Waals surface area contributed by atoms with E-state index >= 15 is 0 Å². The third-order valence-corrected chi connectivity index (χ3v) is 3.39. The highest BCUT2D eigenvalue weighted by Gasteiger charge is 2.09. The Morgan fingerprint density at radius 3 is 2.26 bits per heavy atom. The normalized spacial score (nSPS) is 12.4. The van der Waals surface area contributed by atoms with Gasteiger partial charge in [-0.1, -0.05) is 35.9 Å². The van der Waals surface area contributed by atoms with E-state index in [0.29, 0.717) is 0 Å². The number of hydrogen-bond acceptors (Lipinski definition) is 1. The first-order chi connectivity index (χ1) is 9.17. The summed E-state index contributed by atoms with van der Waals surface area (Å²) in [5.41, 5.74) is 2.18. The van der Waals surface area contributed by atoms with Gasteiger partial charge in [0.05, 0.1) is 0 Å². The molecule has 0 saturated heterocycles. The van der Waals surface area contributed by atoms with E-state index in [1.165, 1.54) is 11.6 Å². The SMILES string of the molecule is CNC(Cc1cccc(F)c1)Cc1cccc(Cl)c1. The van der Waals surface area contributed by atoms with Gasteiger partial charge in [0.25, 0.3) is 0 Å². The quantitative estimate of drug-likeness (QED) is 0.875. The maximum atomic E-state index is 13.2. The Morgan fingerprint density at radius 2 is 1.68 bits per heavy atom. The Labute approximate surface area is 118 Å². The van der Waals surface area contributed by atoms with E-state index < -0.39 is 0 Å². The fourth-order valence-electron chi connectivity index (χ4n) is 2.17. The predicted octanol–water partition coefficient (Wildman–Crippen LogP) is 3.85. The molecule has 1 unspecified atom stereocenters. The molecule has 0 aliphatic rings.